The Morgan fingerprint density at radius 2 is 2.05 bits per heavy atom. The minimum atomic E-state index is 0.166. The van der Waals surface area contributed by atoms with Crippen molar-refractivity contribution in [2.75, 3.05) is 19.6 Å². The molecule has 0 aromatic heterocycles. The van der Waals surface area contributed by atoms with Gasteiger partial charge in [-0.05, 0) is 34.2 Å². The van der Waals surface area contributed by atoms with Crippen LogP contribution in [0.5, 0.6) is 0 Å². The van der Waals surface area contributed by atoms with E-state index < -0.39 is 0 Å². The van der Waals surface area contributed by atoms with E-state index in [-0.39, 0.29) is 11.8 Å². The van der Waals surface area contributed by atoms with Crippen molar-refractivity contribution in [1.29, 1.82) is 0 Å². The zero-order valence-electron chi connectivity index (χ0n) is 12.4. The zero-order valence-corrected chi connectivity index (χ0v) is 12.4. The second kappa shape index (κ2) is 6.50. The molecule has 1 unspecified atom stereocenters. The number of rotatable bonds is 5. The second-order valence-electron chi connectivity index (χ2n) is 5.75. The lowest BCUT2D eigenvalue weighted by molar-refractivity contribution is -0.127. The summed E-state index contributed by atoms with van der Waals surface area (Å²) in [4.78, 5) is 16.6. The highest BCUT2D eigenvalue weighted by Crippen LogP contribution is 2.20. The quantitative estimate of drug-likeness (QED) is 0.472. The van der Waals surface area contributed by atoms with Crippen molar-refractivity contribution < 1.29 is 4.79 Å². The normalized spacial score (nSPS) is 17.7. The molecule has 1 aliphatic rings. The third-order valence-electron chi connectivity index (χ3n) is 4.18. The van der Waals surface area contributed by atoms with Crippen molar-refractivity contribution in [2.24, 2.45) is 11.0 Å². The second-order valence-corrected chi connectivity index (χ2v) is 5.75. The maximum atomic E-state index is 12.0. The Hall–Kier alpha value is -2.52. The van der Waals surface area contributed by atoms with Crippen LogP contribution in [0.2, 0.25) is 0 Å². The Labute approximate surface area is 129 Å². The minimum absolute atomic E-state index is 0.166. The first-order chi connectivity index (χ1) is 10.8. The molecule has 22 heavy (non-hydrogen) atoms. The number of amides is 1. The molecule has 112 valence electrons. The summed E-state index contributed by atoms with van der Waals surface area (Å²) in [5.74, 6) is 0.332. The van der Waals surface area contributed by atoms with E-state index in [0.29, 0.717) is 19.5 Å². The lowest BCUT2D eigenvalue weighted by Crippen LogP contribution is -2.27. The summed E-state index contributed by atoms with van der Waals surface area (Å²) >= 11 is 0. The zero-order chi connectivity index (χ0) is 15.4. The maximum Gasteiger partial charge on any atom is 0.222 e. The molecule has 5 nitrogen and oxygen atoms in total. The minimum Gasteiger partial charge on any atom is -0.342 e. The van der Waals surface area contributed by atoms with Crippen molar-refractivity contribution in [3.63, 3.8) is 0 Å². The summed E-state index contributed by atoms with van der Waals surface area (Å²) in [5.41, 5.74) is 9.60. The first-order valence-electron chi connectivity index (χ1n) is 7.52. The predicted molar refractivity (Wildman–Crippen MR) is 86.4 cm³/mol. The number of nitrogens with zero attached hydrogens (tertiary/aromatic N) is 4. The van der Waals surface area contributed by atoms with E-state index in [1.807, 2.05) is 17.0 Å². The molecule has 0 saturated carbocycles. The highest BCUT2D eigenvalue weighted by Gasteiger charge is 2.28. The molecule has 2 aromatic carbocycles. The largest absolute Gasteiger partial charge is 0.342 e. The summed E-state index contributed by atoms with van der Waals surface area (Å²) in [6.07, 6.45) is 1.35. The molecule has 2 aromatic rings. The Bertz CT molecular complexity index is 736. The number of carbonyl (C=O) groups excluding carboxylic acids is 1. The molecule has 1 fully saturated rings. The van der Waals surface area contributed by atoms with Crippen molar-refractivity contribution in [1.82, 2.24) is 4.90 Å². The van der Waals surface area contributed by atoms with Gasteiger partial charge in [0.25, 0.3) is 0 Å². The summed E-state index contributed by atoms with van der Waals surface area (Å²) in [6.45, 7) is 1.84. The molecule has 1 saturated heterocycles. The number of benzene rings is 2. The van der Waals surface area contributed by atoms with Gasteiger partial charge >= 0.3 is 0 Å². The van der Waals surface area contributed by atoms with Crippen LogP contribution in [0.3, 0.4) is 0 Å². The van der Waals surface area contributed by atoms with Gasteiger partial charge < -0.3 is 4.90 Å². The van der Waals surface area contributed by atoms with Gasteiger partial charge in [-0.3, -0.25) is 4.79 Å². The van der Waals surface area contributed by atoms with Gasteiger partial charge in [0, 0.05) is 31.0 Å². The van der Waals surface area contributed by atoms with Crippen LogP contribution in [0, 0.1) is 5.92 Å². The molecular weight excluding hydrogens is 276 g/mol. The number of hydrogen-bond donors (Lipinski definition) is 0. The van der Waals surface area contributed by atoms with Crippen LogP contribution < -0.4 is 0 Å². The fourth-order valence-electron chi connectivity index (χ4n) is 3.00. The monoisotopic (exact) mass is 294 g/mol. The number of carbonyl (C=O) groups is 1. The molecule has 0 N–H and O–H groups in total. The van der Waals surface area contributed by atoms with Gasteiger partial charge in [-0.25, -0.2) is 0 Å². The van der Waals surface area contributed by atoms with Gasteiger partial charge in [0.1, 0.15) is 0 Å². The average molecular weight is 294 g/mol. The molecule has 0 radical (unpaired) electrons. The molecule has 1 aliphatic heterocycles. The third-order valence-corrected chi connectivity index (χ3v) is 4.18. The molecule has 1 atom stereocenters. The molecule has 1 amide bonds. The Kier molecular flexibility index (Phi) is 4.26. The highest BCUT2D eigenvalue weighted by molar-refractivity contribution is 5.83. The van der Waals surface area contributed by atoms with Crippen LogP contribution in [0.25, 0.3) is 21.2 Å². The topological polar surface area (TPSA) is 69.1 Å². The smallest absolute Gasteiger partial charge is 0.222 e. The van der Waals surface area contributed by atoms with Gasteiger partial charge in [0.15, 0.2) is 0 Å². The first kappa shape index (κ1) is 14.4. The molecule has 1 heterocycles. The summed E-state index contributed by atoms with van der Waals surface area (Å²) in [7, 11) is 0. The number of azide groups is 1. The number of likely N-dealkylation sites (tertiary alicyclic amines) is 1. The van der Waals surface area contributed by atoms with E-state index in [2.05, 4.69) is 40.4 Å². The standard InChI is InChI=1S/C17H18N4O/c18-20-19-11-14-10-17(22)21(12-14)8-7-13-5-6-15-3-1-2-4-16(15)9-13/h1-6,9,14H,7-8,10-12H2. The van der Waals surface area contributed by atoms with Crippen LogP contribution >= 0.6 is 0 Å². The van der Waals surface area contributed by atoms with Crippen LogP contribution in [-0.4, -0.2) is 30.4 Å². The highest BCUT2D eigenvalue weighted by atomic mass is 16.2. The molecular formula is C17H18N4O. The average Bonchev–Trinajstić information content (AvgIpc) is 2.90. The fourth-order valence-corrected chi connectivity index (χ4v) is 3.00. The molecule has 5 heteroatoms. The lowest BCUT2D eigenvalue weighted by Gasteiger charge is -2.16. The van der Waals surface area contributed by atoms with Gasteiger partial charge in [-0.1, -0.05) is 47.6 Å². The van der Waals surface area contributed by atoms with Gasteiger partial charge in [0.2, 0.25) is 5.91 Å². The lowest BCUT2D eigenvalue weighted by atomic mass is 10.1. The van der Waals surface area contributed by atoms with Gasteiger partial charge in [-0.2, -0.15) is 0 Å². The first-order valence-corrected chi connectivity index (χ1v) is 7.52. The fraction of sp³-hybridized carbons (Fsp3) is 0.353. The SMILES string of the molecule is [N-]=[N+]=NCC1CC(=O)N(CCc2ccc3ccccc3c2)C1. The van der Waals surface area contributed by atoms with E-state index in [1.165, 1.54) is 16.3 Å². The van der Waals surface area contributed by atoms with E-state index in [0.717, 1.165) is 13.0 Å². The van der Waals surface area contributed by atoms with Gasteiger partial charge in [0.05, 0.1) is 0 Å². The Morgan fingerprint density at radius 3 is 2.86 bits per heavy atom. The van der Waals surface area contributed by atoms with Crippen LogP contribution in [0.4, 0.5) is 0 Å². The van der Waals surface area contributed by atoms with Gasteiger partial charge in [-0.15, -0.1) is 0 Å². The van der Waals surface area contributed by atoms with Crippen molar-refractivity contribution in [2.45, 2.75) is 12.8 Å². The molecule has 0 spiro atoms. The molecule has 0 bridgehead atoms. The summed E-state index contributed by atoms with van der Waals surface area (Å²) < 4.78 is 0. The van der Waals surface area contributed by atoms with E-state index in [4.69, 9.17) is 5.53 Å². The van der Waals surface area contributed by atoms with Crippen molar-refractivity contribution >= 4 is 16.7 Å². The van der Waals surface area contributed by atoms with Crippen LogP contribution in [0.1, 0.15) is 12.0 Å². The van der Waals surface area contributed by atoms with Crippen LogP contribution in [-0.2, 0) is 11.2 Å². The molecule has 0 aliphatic carbocycles. The summed E-state index contributed by atoms with van der Waals surface area (Å²) in [6, 6.07) is 14.7. The van der Waals surface area contributed by atoms with Crippen molar-refractivity contribution in [3.8, 4) is 0 Å². The Morgan fingerprint density at radius 1 is 1.23 bits per heavy atom. The number of fused-ring (bicyclic) bond motifs is 1. The van der Waals surface area contributed by atoms with Crippen LogP contribution in [0.15, 0.2) is 47.6 Å². The van der Waals surface area contributed by atoms with E-state index in [9.17, 15) is 4.79 Å². The Balaban J connectivity index is 1.61. The van der Waals surface area contributed by atoms with E-state index >= 15 is 0 Å². The van der Waals surface area contributed by atoms with Crippen molar-refractivity contribution in [3.05, 3.63) is 58.5 Å². The predicted octanol–water partition coefficient (Wildman–Crippen LogP) is 3.54. The summed E-state index contributed by atoms with van der Waals surface area (Å²) in [5, 5.41) is 6.04. The maximum absolute atomic E-state index is 12.0. The van der Waals surface area contributed by atoms with E-state index in [1.54, 1.807) is 0 Å². The number of hydrogen-bond acceptors (Lipinski definition) is 2. The molecule has 3 rings (SSSR count). The third kappa shape index (κ3) is 3.21.